The molecule has 0 amide bonds. The number of morpholine rings is 1. The van der Waals surface area contributed by atoms with Crippen molar-refractivity contribution in [3.8, 4) is 5.82 Å². The van der Waals surface area contributed by atoms with Crippen LogP contribution in [0.15, 0.2) is 30.3 Å². The van der Waals surface area contributed by atoms with E-state index in [-0.39, 0.29) is 18.5 Å². The van der Waals surface area contributed by atoms with E-state index in [1.54, 1.807) is 37.3 Å². The SMILES string of the molecule is CC(F)CN(CCO)[C@H]1CC[C@H](CNc2nc(N3CCOCC3)cc(-n3c(C(F)F)nc4ccccc43)n2)CC1. The maximum Gasteiger partial charge on any atom is 0.296 e. The number of hydrogen-bond donors (Lipinski definition) is 2. The van der Waals surface area contributed by atoms with Gasteiger partial charge < -0.3 is 20.1 Å². The summed E-state index contributed by atoms with van der Waals surface area (Å²) >= 11 is 0. The largest absolute Gasteiger partial charge is 0.395 e. The average Bonchev–Trinajstić information content (AvgIpc) is 3.37. The number of aromatic nitrogens is 4. The van der Waals surface area contributed by atoms with Crippen LogP contribution >= 0.6 is 0 Å². The van der Waals surface area contributed by atoms with Crippen molar-refractivity contribution < 1.29 is 23.0 Å². The number of halogens is 3. The lowest BCUT2D eigenvalue weighted by Gasteiger charge is -2.37. The fourth-order valence-electron chi connectivity index (χ4n) is 5.83. The van der Waals surface area contributed by atoms with Gasteiger partial charge in [-0.15, -0.1) is 0 Å². The lowest BCUT2D eigenvalue weighted by atomic mass is 9.85. The van der Waals surface area contributed by atoms with E-state index in [2.05, 4.69) is 25.1 Å². The molecule has 1 saturated heterocycles. The van der Waals surface area contributed by atoms with Crippen LogP contribution in [0.5, 0.6) is 0 Å². The molecule has 218 valence electrons. The van der Waals surface area contributed by atoms with Gasteiger partial charge in [-0.05, 0) is 50.7 Å². The Hall–Kier alpha value is -2.96. The van der Waals surface area contributed by atoms with E-state index < -0.39 is 12.6 Å². The highest BCUT2D eigenvalue weighted by Gasteiger charge is 2.27. The molecule has 1 aromatic carbocycles. The van der Waals surface area contributed by atoms with Gasteiger partial charge in [0, 0.05) is 44.8 Å². The van der Waals surface area contributed by atoms with Crippen LogP contribution in [0.4, 0.5) is 24.9 Å². The number of benzene rings is 1. The molecule has 1 saturated carbocycles. The first kappa shape index (κ1) is 28.6. The van der Waals surface area contributed by atoms with Crippen molar-refractivity contribution in [3.05, 3.63) is 36.2 Å². The van der Waals surface area contributed by atoms with E-state index in [1.165, 1.54) is 4.57 Å². The van der Waals surface area contributed by atoms with Gasteiger partial charge in [0.25, 0.3) is 6.43 Å². The fraction of sp³-hybridized carbons (Fsp3) is 0.607. The molecule has 1 aliphatic carbocycles. The first-order valence-corrected chi connectivity index (χ1v) is 14.1. The maximum atomic E-state index is 14.1. The van der Waals surface area contributed by atoms with E-state index in [0.717, 1.165) is 25.7 Å². The number of nitrogens with one attached hydrogen (secondary N) is 1. The summed E-state index contributed by atoms with van der Waals surface area (Å²) in [7, 11) is 0. The molecule has 0 bridgehead atoms. The van der Waals surface area contributed by atoms with Crippen molar-refractivity contribution in [1.29, 1.82) is 0 Å². The third kappa shape index (κ3) is 6.67. The third-order valence-corrected chi connectivity index (χ3v) is 7.80. The minimum absolute atomic E-state index is 0.0207. The molecule has 0 spiro atoms. The second-order valence-corrected chi connectivity index (χ2v) is 10.7. The molecule has 3 aromatic rings. The number of imidazole rings is 1. The van der Waals surface area contributed by atoms with Gasteiger partial charge in [-0.25, -0.2) is 18.2 Å². The van der Waals surface area contributed by atoms with Crippen molar-refractivity contribution in [1.82, 2.24) is 24.4 Å². The zero-order valence-electron chi connectivity index (χ0n) is 22.9. The highest BCUT2D eigenvalue weighted by Crippen LogP contribution is 2.31. The minimum Gasteiger partial charge on any atom is -0.395 e. The van der Waals surface area contributed by atoms with E-state index in [1.807, 2.05) is 0 Å². The van der Waals surface area contributed by atoms with Crippen LogP contribution in [0.1, 0.15) is 44.9 Å². The Labute approximate surface area is 232 Å². The first-order chi connectivity index (χ1) is 19.4. The quantitative estimate of drug-likeness (QED) is 0.360. The van der Waals surface area contributed by atoms with Crippen molar-refractivity contribution in [2.24, 2.45) is 5.92 Å². The van der Waals surface area contributed by atoms with E-state index in [9.17, 15) is 18.3 Å². The number of aliphatic hydroxyl groups excluding tert-OH is 1. The van der Waals surface area contributed by atoms with Crippen molar-refractivity contribution in [3.63, 3.8) is 0 Å². The zero-order chi connectivity index (χ0) is 28.1. The molecule has 2 aromatic heterocycles. The van der Waals surface area contributed by atoms with E-state index in [4.69, 9.17) is 9.72 Å². The van der Waals surface area contributed by atoms with Gasteiger partial charge in [0.2, 0.25) is 5.95 Å². The first-order valence-electron chi connectivity index (χ1n) is 14.1. The smallest absolute Gasteiger partial charge is 0.296 e. The number of fused-ring (bicyclic) bond motifs is 1. The monoisotopic (exact) mass is 561 g/mol. The summed E-state index contributed by atoms with van der Waals surface area (Å²) in [4.78, 5) is 17.8. The Morgan fingerprint density at radius 2 is 1.77 bits per heavy atom. The predicted octanol–water partition coefficient (Wildman–Crippen LogP) is 4.21. The molecule has 9 nitrogen and oxygen atoms in total. The van der Waals surface area contributed by atoms with Gasteiger partial charge in [-0.3, -0.25) is 9.47 Å². The number of ether oxygens (including phenoxy) is 1. The summed E-state index contributed by atoms with van der Waals surface area (Å²) in [5, 5.41) is 12.8. The van der Waals surface area contributed by atoms with Gasteiger partial charge in [0.1, 0.15) is 17.8 Å². The summed E-state index contributed by atoms with van der Waals surface area (Å²) < 4.78 is 48.8. The lowest BCUT2D eigenvalue weighted by molar-refractivity contribution is 0.0894. The Balaban J connectivity index is 1.36. The molecule has 5 rings (SSSR count). The number of anilines is 2. The van der Waals surface area contributed by atoms with Crippen LogP contribution in [-0.2, 0) is 4.74 Å². The molecule has 1 atom stereocenters. The van der Waals surface area contributed by atoms with Crippen LogP contribution < -0.4 is 10.2 Å². The zero-order valence-corrected chi connectivity index (χ0v) is 22.9. The lowest BCUT2D eigenvalue weighted by Crippen LogP contribution is -2.43. The molecule has 2 fully saturated rings. The number of aliphatic hydroxyl groups is 1. The minimum atomic E-state index is -2.77. The Kier molecular flexibility index (Phi) is 9.38. The number of para-hydroxylation sites is 2. The average molecular weight is 562 g/mol. The van der Waals surface area contributed by atoms with Crippen molar-refractivity contribution in [2.75, 3.05) is 62.8 Å². The summed E-state index contributed by atoms with van der Waals surface area (Å²) in [6.45, 7) is 5.46. The molecule has 3 heterocycles. The molecule has 2 aliphatic rings. The van der Waals surface area contributed by atoms with Crippen LogP contribution in [0, 0.1) is 5.92 Å². The number of alkyl halides is 3. The highest BCUT2D eigenvalue weighted by molar-refractivity contribution is 5.78. The number of hydrogen-bond acceptors (Lipinski definition) is 8. The van der Waals surface area contributed by atoms with Crippen LogP contribution in [0.3, 0.4) is 0 Å². The van der Waals surface area contributed by atoms with Crippen LogP contribution in [-0.4, -0.2) is 94.3 Å². The number of nitrogens with zero attached hydrogens (tertiary/aromatic N) is 6. The standard InChI is InChI=1S/C28H38F3N7O2/c1-19(29)18-37(10-13-39)21-8-6-20(7-9-21)17-32-28-34-24(36-11-14-40-15-12-36)16-25(35-28)38-23-5-3-2-4-22(23)33-27(38)26(30)31/h2-5,16,19-21,26,39H,6-15,17-18H2,1H3,(H,32,34,35)/t19?,20-,21-. The second kappa shape index (κ2) is 13.1. The molecular formula is C28H38F3N7O2. The molecule has 1 unspecified atom stereocenters. The summed E-state index contributed by atoms with van der Waals surface area (Å²) in [6.07, 6.45) is 0.0617. The van der Waals surface area contributed by atoms with Gasteiger partial charge in [-0.1, -0.05) is 12.1 Å². The van der Waals surface area contributed by atoms with Gasteiger partial charge in [0.15, 0.2) is 5.82 Å². The van der Waals surface area contributed by atoms with Crippen LogP contribution in [0.2, 0.25) is 0 Å². The Morgan fingerprint density at radius 1 is 1.05 bits per heavy atom. The molecule has 2 N–H and O–H groups in total. The molecule has 1 aliphatic heterocycles. The molecular weight excluding hydrogens is 523 g/mol. The van der Waals surface area contributed by atoms with Crippen LogP contribution in [0.25, 0.3) is 16.9 Å². The summed E-state index contributed by atoms with van der Waals surface area (Å²) in [5.74, 6) is 1.39. The summed E-state index contributed by atoms with van der Waals surface area (Å²) in [6, 6.07) is 9.05. The second-order valence-electron chi connectivity index (χ2n) is 10.7. The highest BCUT2D eigenvalue weighted by atomic mass is 19.3. The predicted molar refractivity (Wildman–Crippen MR) is 148 cm³/mol. The Morgan fingerprint density at radius 3 is 2.48 bits per heavy atom. The van der Waals surface area contributed by atoms with E-state index in [0.29, 0.717) is 80.5 Å². The van der Waals surface area contributed by atoms with Crippen molar-refractivity contribution >= 4 is 22.8 Å². The summed E-state index contributed by atoms with van der Waals surface area (Å²) in [5.41, 5.74) is 1.04. The normalized spacial score (nSPS) is 20.9. The molecule has 0 radical (unpaired) electrons. The van der Waals surface area contributed by atoms with Gasteiger partial charge in [-0.2, -0.15) is 9.97 Å². The number of rotatable bonds is 11. The molecule has 40 heavy (non-hydrogen) atoms. The maximum absolute atomic E-state index is 14.1. The fourth-order valence-corrected chi connectivity index (χ4v) is 5.83. The van der Waals surface area contributed by atoms with Gasteiger partial charge in [0.05, 0.1) is 30.9 Å². The topological polar surface area (TPSA) is 91.6 Å². The van der Waals surface area contributed by atoms with Crippen molar-refractivity contribution in [2.45, 2.75) is 51.2 Å². The van der Waals surface area contributed by atoms with E-state index >= 15 is 0 Å². The molecule has 12 heteroatoms. The van der Waals surface area contributed by atoms with Gasteiger partial charge >= 0.3 is 0 Å². The third-order valence-electron chi connectivity index (χ3n) is 7.80. The Bertz CT molecular complexity index is 1240.